The summed E-state index contributed by atoms with van der Waals surface area (Å²) in [5.41, 5.74) is 1.25. The van der Waals surface area contributed by atoms with Crippen molar-refractivity contribution in [2.45, 2.75) is 64.1 Å². The number of piperazine rings is 1. The quantitative estimate of drug-likeness (QED) is 0.917. The molecule has 1 saturated heterocycles. The lowest BCUT2D eigenvalue weighted by Gasteiger charge is -2.35. The van der Waals surface area contributed by atoms with Crippen LogP contribution in [0, 0.1) is 0 Å². The number of hydrogen-bond donors (Lipinski definition) is 1. The van der Waals surface area contributed by atoms with Crippen LogP contribution < -0.4 is 5.32 Å². The monoisotopic (exact) mass is 276 g/mol. The Hall–Kier alpha value is -0.870. The molecule has 0 amide bonds. The highest BCUT2D eigenvalue weighted by Crippen LogP contribution is 2.27. The van der Waals surface area contributed by atoms with Gasteiger partial charge in [-0.3, -0.25) is 9.58 Å². The van der Waals surface area contributed by atoms with E-state index in [4.69, 9.17) is 5.10 Å². The van der Waals surface area contributed by atoms with Crippen molar-refractivity contribution in [3.63, 3.8) is 0 Å². The van der Waals surface area contributed by atoms with E-state index in [9.17, 15) is 0 Å². The Morgan fingerprint density at radius 2 is 2.15 bits per heavy atom. The summed E-state index contributed by atoms with van der Waals surface area (Å²) in [4.78, 5) is 2.59. The second-order valence-electron chi connectivity index (χ2n) is 6.32. The maximum absolute atomic E-state index is 4.85. The molecule has 1 aliphatic carbocycles. The number of rotatable bonds is 4. The van der Waals surface area contributed by atoms with Gasteiger partial charge in [-0.2, -0.15) is 5.10 Å². The molecule has 112 valence electrons. The maximum atomic E-state index is 4.85. The lowest BCUT2D eigenvalue weighted by molar-refractivity contribution is 0.146. The van der Waals surface area contributed by atoms with Crippen molar-refractivity contribution in [1.29, 1.82) is 0 Å². The van der Waals surface area contributed by atoms with Gasteiger partial charge in [0.25, 0.3) is 0 Å². The van der Waals surface area contributed by atoms with Crippen LogP contribution in [0.2, 0.25) is 0 Å². The zero-order valence-corrected chi connectivity index (χ0v) is 12.7. The average Bonchev–Trinajstić information content (AvgIpc) is 2.97. The lowest BCUT2D eigenvalue weighted by Crippen LogP contribution is -2.50. The lowest BCUT2D eigenvalue weighted by atomic mass is 9.96. The standard InChI is InChI=1S/C16H28N4/c1-2-15-12-17-9-11-19(15)13-14-8-10-20(18-14)16-6-4-3-5-7-16/h8,10,15-17H,2-7,9,11-13H2,1H3. The molecule has 4 nitrogen and oxygen atoms in total. The molecule has 1 aromatic heterocycles. The highest BCUT2D eigenvalue weighted by molar-refractivity contribution is 5.01. The summed E-state index contributed by atoms with van der Waals surface area (Å²) in [5, 5.41) is 8.34. The molecule has 1 saturated carbocycles. The first-order chi connectivity index (χ1) is 9.86. The third kappa shape index (κ3) is 3.23. The normalized spacial score (nSPS) is 25.9. The fourth-order valence-electron chi connectivity index (χ4n) is 3.63. The fourth-order valence-corrected chi connectivity index (χ4v) is 3.63. The van der Waals surface area contributed by atoms with Gasteiger partial charge in [0.1, 0.15) is 0 Å². The Kier molecular flexibility index (Phi) is 4.73. The van der Waals surface area contributed by atoms with Gasteiger partial charge in [0.2, 0.25) is 0 Å². The van der Waals surface area contributed by atoms with Gasteiger partial charge in [-0.25, -0.2) is 0 Å². The SMILES string of the molecule is CCC1CNCCN1Cc1ccn(C2CCCCC2)n1. The summed E-state index contributed by atoms with van der Waals surface area (Å²) < 4.78 is 2.23. The molecule has 2 heterocycles. The second-order valence-corrected chi connectivity index (χ2v) is 6.32. The first-order valence-corrected chi connectivity index (χ1v) is 8.35. The van der Waals surface area contributed by atoms with Crippen LogP contribution in [0.4, 0.5) is 0 Å². The van der Waals surface area contributed by atoms with E-state index in [1.54, 1.807) is 0 Å². The summed E-state index contributed by atoms with van der Waals surface area (Å²) in [6.07, 6.45) is 10.2. The molecular formula is C16H28N4. The Bertz CT molecular complexity index is 408. The third-order valence-corrected chi connectivity index (χ3v) is 4.92. The largest absolute Gasteiger partial charge is 0.314 e. The minimum Gasteiger partial charge on any atom is -0.314 e. The molecular weight excluding hydrogens is 248 g/mol. The zero-order valence-electron chi connectivity index (χ0n) is 12.7. The molecule has 3 rings (SSSR count). The van der Waals surface area contributed by atoms with Crippen molar-refractivity contribution in [3.8, 4) is 0 Å². The van der Waals surface area contributed by atoms with E-state index in [-0.39, 0.29) is 0 Å². The minimum atomic E-state index is 0.655. The molecule has 0 radical (unpaired) electrons. The Balaban J connectivity index is 1.61. The summed E-state index contributed by atoms with van der Waals surface area (Å²) in [7, 11) is 0. The zero-order chi connectivity index (χ0) is 13.8. The topological polar surface area (TPSA) is 33.1 Å². The Labute approximate surface area is 122 Å². The molecule has 0 spiro atoms. The average molecular weight is 276 g/mol. The van der Waals surface area contributed by atoms with Crippen LogP contribution in [0.3, 0.4) is 0 Å². The van der Waals surface area contributed by atoms with E-state index < -0.39 is 0 Å². The van der Waals surface area contributed by atoms with Crippen molar-refractivity contribution in [1.82, 2.24) is 20.0 Å². The third-order valence-electron chi connectivity index (χ3n) is 4.92. The molecule has 0 bridgehead atoms. The van der Waals surface area contributed by atoms with E-state index in [1.165, 1.54) is 44.2 Å². The van der Waals surface area contributed by atoms with Crippen LogP contribution in [-0.4, -0.2) is 40.4 Å². The molecule has 0 aromatic carbocycles. The first-order valence-electron chi connectivity index (χ1n) is 8.35. The minimum absolute atomic E-state index is 0.655. The summed E-state index contributed by atoms with van der Waals surface area (Å²) in [6.45, 7) is 6.68. The fraction of sp³-hybridized carbons (Fsp3) is 0.812. The van der Waals surface area contributed by atoms with Gasteiger partial charge < -0.3 is 5.32 Å². The molecule has 1 aliphatic heterocycles. The smallest absolute Gasteiger partial charge is 0.0765 e. The second kappa shape index (κ2) is 6.72. The molecule has 1 N–H and O–H groups in total. The summed E-state index contributed by atoms with van der Waals surface area (Å²) in [6, 6.07) is 3.55. The highest BCUT2D eigenvalue weighted by Gasteiger charge is 2.22. The van der Waals surface area contributed by atoms with Crippen molar-refractivity contribution >= 4 is 0 Å². The van der Waals surface area contributed by atoms with E-state index in [0.29, 0.717) is 12.1 Å². The van der Waals surface area contributed by atoms with Gasteiger partial charge in [-0.15, -0.1) is 0 Å². The van der Waals surface area contributed by atoms with Crippen molar-refractivity contribution in [2.75, 3.05) is 19.6 Å². The molecule has 2 aliphatic rings. The van der Waals surface area contributed by atoms with E-state index in [1.807, 2.05) is 0 Å². The molecule has 20 heavy (non-hydrogen) atoms. The summed E-state index contributed by atoms with van der Waals surface area (Å²) in [5.74, 6) is 0. The van der Waals surface area contributed by atoms with E-state index in [2.05, 4.69) is 34.1 Å². The van der Waals surface area contributed by atoms with Crippen LogP contribution in [0.1, 0.15) is 57.2 Å². The van der Waals surface area contributed by atoms with Crippen molar-refractivity contribution < 1.29 is 0 Å². The maximum Gasteiger partial charge on any atom is 0.0765 e. The molecule has 2 fully saturated rings. The van der Waals surface area contributed by atoms with Gasteiger partial charge in [0.05, 0.1) is 11.7 Å². The van der Waals surface area contributed by atoms with E-state index >= 15 is 0 Å². The van der Waals surface area contributed by atoms with Crippen LogP contribution in [0.25, 0.3) is 0 Å². The molecule has 1 aromatic rings. The Morgan fingerprint density at radius 1 is 1.30 bits per heavy atom. The van der Waals surface area contributed by atoms with Gasteiger partial charge in [0.15, 0.2) is 0 Å². The molecule has 1 atom stereocenters. The van der Waals surface area contributed by atoms with Gasteiger partial charge in [0, 0.05) is 38.4 Å². The number of hydrogen-bond acceptors (Lipinski definition) is 3. The number of aromatic nitrogens is 2. The predicted molar refractivity (Wildman–Crippen MR) is 81.7 cm³/mol. The van der Waals surface area contributed by atoms with Gasteiger partial charge in [-0.1, -0.05) is 26.2 Å². The van der Waals surface area contributed by atoms with Crippen LogP contribution in [-0.2, 0) is 6.54 Å². The van der Waals surface area contributed by atoms with Crippen LogP contribution >= 0.6 is 0 Å². The van der Waals surface area contributed by atoms with E-state index in [0.717, 1.165) is 26.2 Å². The first kappa shape index (κ1) is 14.1. The highest BCUT2D eigenvalue weighted by atomic mass is 15.3. The van der Waals surface area contributed by atoms with Gasteiger partial charge in [-0.05, 0) is 25.3 Å². The Morgan fingerprint density at radius 3 is 2.95 bits per heavy atom. The predicted octanol–water partition coefficient (Wildman–Crippen LogP) is 2.57. The van der Waals surface area contributed by atoms with Crippen molar-refractivity contribution in [3.05, 3.63) is 18.0 Å². The van der Waals surface area contributed by atoms with Crippen LogP contribution in [0.15, 0.2) is 12.3 Å². The molecule has 4 heteroatoms. The van der Waals surface area contributed by atoms with Crippen molar-refractivity contribution in [2.24, 2.45) is 0 Å². The number of nitrogens with zero attached hydrogens (tertiary/aromatic N) is 3. The number of nitrogens with one attached hydrogen (secondary N) is 1. The van der Waals surface area contributed by atoms with Crippen LogP contribution in [0.5, 0.6) is 0 Å². The van der Waals surface area contributed by atoms with Gasteiger partial charge >= 0.3 is 0 Å². The molecule has 1 unspecified atom stereocenters. The summed E-state index contributed by atoms with van der Waals surface area (Å²) >= 11 is 0.